The van der Waals surface area contributed by atoms with E-state index in [0.29, 0.717) is 5.69 Å². The van der Waals surface area contributed by atoms with E-state index in [1.54, 1.807) is 13.8 Å². The van der Waals surface area contributed by atoms with Crippen molar-refractivity contribution in [3.63, 3.8) is 0 Å². The molecule has 1 rings (SSSR count). The van der Waals surface area contributed by atoms with E-state index < -0.39 is 11.9 Å². The summed E-state index contributed by atoms with van der Waals surface area (Å²) < 4.78 is 9.56. The highest BCUT2D eigenvalue weighted by Gasteiger charge is 2.14. The van der Waals surface area contributed by atoms with Gasteiger partial charge in [-0.1, -0.05) is 0 Å². The number of H-pyrrole nitrogens is 1. The predicted molar refractivity (Wildman–Crippen MR) is 63.6 cm³/mol. The molecular weight excluding hydrogens is 238 g/mol. The number of ether oxygens (including phenoxy) is 2. The van der Waals surface area contributed by atoms with Crippen LogP contribution in [-0.2, 0) is 19.1 Å². The van der Waals surface area contributed by atoms with E-state index in [1.165, 1.54) is 12.4 Å². The lowest BCUT2D eigenvalue weighted by molar-refractivity contribution is -0.140. The summed E-state index contributed by atoms with van der Waals surface area (Å²) in [7, 11) is 0. The van der Waals surface area contributed by atoms with E-state index in [2.05, 4.69) is 15.5 Å². The smallest absolute Gasteiger partial charge is 0.355 e. The van der Waals surface area contributed by atoms with Gasteiger partial charge in [-0.15, -0.1) is 0 Å². The molecule has 2 N–H and O–H groups in total. The number of nitrogens with zero attached hydrogens (tertiary/aromatic N) is 1. The molecule has 0 radical (unpaired) electrons. The lowest BCUT2D eigenvalue weighted by atomic mass is 10.3. The molecule has 1 aromatic heterocycles. The zero-order chi connectivity index (χ0) is 13.4. The number of hydrogen-bond donors (Lipinski definition) is 2. The maximum atomic E-state index is 11.6. The van der Waals surface area contributed by atoms with Crippen LogP contribution in [0.1, 0.15) is 13.8 Å². The minimum Gasteiger partial charge on any atom is -0.463 e. The largest absolute Gasteiger partial charge is 0.463 e. The molecule has 0 aliphatic carbocycles. The van der Waals surface area contributed by atoms with Crippen LogP contribution in [0.25, 0.3) is 0 Å². The predicted octanol–water partition coefficient (Wildman–Crippen LogP) is 0.832. The Kier molecular flexibility index (Phi) is 5.43. The molecule has 7 heteroatoms. The summed E-state index contributed by atoms with van der Waals surface area (Å²) in [4.78, 5) is 22.9. The van der Waals surface area contributed by atoms with Crippen molar-refractivity contribution < 1.29 is 19.1 Å². The van der Waals surface area contributed by atoms with Crippen LogP contribution < -0.4 is 5.32 Å². The van der Waals surface area contributed by atoms with Crippen LogP contribution in [0.4, 0.5) is 5.69 Å². The molecule has 0 amide bonds. The van der Waals surface area contributed by atoms with Crippen LogP contribution in [0.5, 0.6) is 0 Å². The minimum atomic E-state index is -0.633. The fourth-order valence-electron chi connectivity index (χ4n) is 1.13. The Bertz CT molecular complexity index is 426. The summed E-state index contributed by atoms with van der Waals surface area (Å²) in [6.45, 7) is 3.81. The lowest BCUT2D eigenvalue weighted by Gasteiger charge is -2.08. The molecule has 98 valence electrons. The van der Waals surface area contributed by atoms with E-state index >= 15 is 0 Å². The molecule has 0 saturated heterocycles. The molecule has 0 spiro atoms. The Balaban J connectivity index is 2.80. The maximum Gasteiger partial charge on any atom is 0.355 e. The highest BCUT2D eigenvalue weighted by atomic mass is 16.5. The van der Waals surface area contributed by atoms with Gasteiger partial charge in [0, 0.05) is 6.20 Å². The fourth-order valence-corrected chi connectivity index (χ4v) is 1.13. The fraction of sp³-hybridized carbons (Fsp3) is 0.364. The Morgan fingerprint density at radius 1 is 1.39 bits per heavy atom. The number of aromatic nitrogens is 2. The van der Waals surface area contributed by atoms with E-state index in [9.17, 15) is 9.59 Å². The molecular formula is C11H15N3O4. The third-order valence-corrected chi connectivity index (χ3v) is 1.82. The van der Waals surface area contributed by atoms with Gasteiger partial charge in [-0.2, -0.15) is 5.10 Å². The van der Waals surface area contributed by atoms with Crippen molar-refractivity contribution in [2.45, 2.75) is 13.8 Å². The van der Waals surface area contributed by atoms with Crippen molar-refractivity contribution in [2.24, 2.45) is 0 Å². The second-order valence-electron chi connectivity index (χ2n) is 3.14. The molecule has 18 heavy (non-hydrogen) atoms. The van der Waals surface area contributed by atoms with E-state index in [-0.39, 0.29) is 18.9 Å². The SMILES string of the molecule is CCOC(=O)C=C(Nc1cn[nH]c1)C(=O)OCC. The Morgan fingerprint density at radius 3 is 2.67 bits per heavy atom. The molecule has 0 aliphatic rings. The number of nitrogens with one attached hydrogen (secondary N) is 2. The summed E-state index contributed by atoms with van der Waals surface area (Å²) >= 11 is 0. The summed E-state index contributed by atoms with van der Waals surface area (Å²) in [5.74, 6) is -1.25. The van der Waals surface area contributed by atoms with Crippen LogP contribution in [0.2, 0.25) is 0 Å². The summed E-state index contributed by atoms with van der Waals surface area (Å²) in [5.41, 5.74) is 0.537. The van der Waals surface area contributed by atoms with Gasteiger partial charge in [-0.3, -0.25) is 5.10 Å². The van der Waals surface area contributed by atoms with Gasteiger partial charge in [0.25, 0.3) is 0 Å². The van der Waals surface area contributed by atoms with Crippen molar-refractivity contribution in [3.05, 3.63) is 24.2 Å². The van der Waals surface area contributed by atoms with Crippen molar-refractivity contribution in [1.82, 2.24) is 10.2 Å². The van der Waals surface area contributed by atoms with Crippen LogP contribution >= 0.6 is 0 Å². The molecule has 7 nitrogen and oxygen atoms in total. The second-order valence-corrected chi connectivity index (χ2v) is 3.14. The highest BCUT2D eigenvalue weighted by molar-refractivity contribution is 5.98. The van der Waals surface area contributed by atoms with E-state index in [0.717, 1.165) is 6.08 Å². The van der Waals surface area contributed by atoms with Crippen LogP contribution in [0.15, 0.2) is 24.2 Å². The lowest BCUT2D eigenvalue weighted by Crippen LogP contribution is -2.17. The quantitative estimate of drug-likeness (QED) is 0.576. The van der Waals surface area contributed by atoms with Gasteiger partial charge in [0.1, 0.15) is 5.70 Å². The summed E-state index contributed by atoms with van der Waals surface area (Å²) in [6, 6.07) is 0. The van der Waals surface area contributed by atoms with Crippen molar-refractivity contribution in [3.8, 4) is 0 Å². The third kappa shape index (κ3) is 4.28. The number of esters is 2. The number of aromatic amines is 1. The number of anilines is 1. The number of carbonyl (C=O) groups excluding carboxylic acids is 2. The monoisotopic (exact) mass is 253 g/mol. The van der Waals surface area contributed by atoms with Gasteiger partial charge in [0.2, 0.25) is 0 Å². The first-order chi connectivity index (χ1) is 8.67. The number of carbonyl (C=O) groups is 2. The minimum absolute atomic E-state index is 0.00306. The molecule has 1 heterocycles. The molecule has 0 fully saturated rings. The van der Waals surface area contributed by atoms with Gasteiger partial charge >= 0.3 is 11.9 Å². The van der Waals surface area contributed by atoms with Crippen LogP contribution in [0.3, 0.4) is 0 Å². The van der Waals surface area contributed by atoms with Gasteiger partial charge in [0.05, 0.1) is 31.2 Å². The zero-order valence-electron chi connectivity index (χ0n) is 10.2. The Hall–Kier alpha value is -2.31. The molecule has 0 aliphatic heterocycles. The normalized spacial score (nSPS) is 10.9. The van der Waals surface area contributed by atoms with Crippen molar-refractivity contribution in [1.29, 1.82) is 0 Å². The van der Waals surface area contributed by atoms with Gasteiger partial charge in [-0.25, -0.2) is 9.59 Å². The van der Waals surface area contributed by atoms with Crippen molar-refractivity contribution >= 4 is 17.6 Å². The summed E-state index contributed by atoms with van der Waals surface area (Å²) in [5, 5.41) is 9.01. The molecule has 0 atom stereocenters. The third-order valence-electron chi connectivity index (χ3n) is 1.82. The molecule has 1 aromatic rings. The zero-order valence-corrected chi connectivity index (χ0v) is 10.2. The molecule has 0 unspecified atom stereocenters. The molecule has 0 aromatic carbocycles. The second kappa shape index (κ2) is 7.10. The first-order valence-corrected chi connectivity index (χ1v) is 5.48. The maximum absolute atomic E-state index is 11.6. The topological polar surface area (TPSA) is 93.3 Å². The van der Waals surface area contributed by atoms with Crippen LogP contribution in [-0.4, -0.2) is 35.3 Å². The first kappa shape index (κ1) is 13.8. The van der Waals surface area contributed by atoms with E-state index in [4.69, 9.17) is 9.47 Å². The average Bonchev–Trinajstić information content (AvgIpc) is 2.81. The first-order valence-electron chi connectivity index (χ1n) is 5.48. The van der Waals surface area contributed by atoms with Gasteiger partial charge in [-0.05, 0) is 13.8 Å². The summed E-state index contributed by atoms with van der Waals surface area (Å²) in [6.07, 6.45) is 4.06. The Morgan fingerprint density at radius 2 is 2.11 bits per heavy atom. The number of rotatable bonds is 6. The van der Waals surface area contributed by atoms with Gasteiger partial charge in [0.15, 0.2) is 0 Å². The Labute approximate surface area is 104 Å². The van der Waals surface area contributed by atoms with Gasteiger partial charge < -0.3 is 14.8 Å². The molecule has 0 bridgehead atoms. The highest BCUT2D eigenvalue weighted by Crippen LogP contribution is 2.08. The van der Waals surface area contributed by atoms with Crippen molar-refractivity contribution in [2.75, 3.05) is 18.5 Å². The molecule has 0 saturated carbocycles. The average molecular weight is 253 g/mol. The van der Waals surface area contributed by atoms with Crippen LogP contribution in [0, 0.1) is 0 Å². The number of hydrogen-bond acceptors (Lipinski definition) is 6. The van der Waals surface area contributed by atoms with E-state index in [1.807, 2.05) is 0 Å². The standard InChI is InChI=1S/C11H15N3O4/c1-3-17-10(15)5-9(11(16)18-4-2)14-8-6-12-13-7-8/h5-7,14H,3-4H2,1-2H3,(H,12,13).